The van der Waals surface area contributed by atoms with Crippen molar-refractivity contribution in [2.24, 2.45) is 7.05 Å². The van der Waals surface area contributed by atoms with Crippen molar-refractivity contribution in [2.45, 2.75) is 12.5 Å². The number of tetrazole rings is 1. The quantitative estimate of drug-likeness (QED) is 0.939. The molecule has 0 radical (unpaired) electrons. The Morgan fingerprint density at radius 1 is 1.53 bits per heavy atom. The van der Waals surface area contributed by atoms with E-state index in [0.29, 0.717) is 17.3 Å². The Balaban J connectivity index is 2.14. The third-order valence-electron chi connectivity index (χ3n) is 2.25. The molecule has 90 valence electrons. The van der Waals surface area contributed by atoms with Gasteiger partial charge in [-0.05, 0) is 38.8 Å². The summed E-state index contributed by atoms with van der Waals surface area (Å²) in [6.07, 6.45) is -0.352. The highest BCUT2D eigenvalue weighted by Crippen LogP contribution is 2.26. The van der Waals surface area contributed by atoms with Crippen LogP contribution in [0.25, 0.3) is 0 Å². The maximum atomic E-state index is 10.0. The highest BCUT2D eigenvalue weighted by Gasteiger charge is 2.13. The molecule has 1 atom stereocenters. The highest BCUT2D eigenvalue weighted by molar-refractivity contribution is 9.10. The van der Waals surface area contributed by atoms with Gasteiger partial charge < -0.3 is 5.11 Å². The monoisotopic (exact) mass is 316 g/mol. The van der Waals surface area contributed by atoms with Gasteiger partial charge >= 0.3 is 0 Å². The number of halogens is 2. The molecule has 0 bridgehead atoms. The normalized spacial score (nSPS) is 12.7. The Labute approximate surface area is 112 Å². The number of aliphatic hydroxyl groups is 1. The van der Waals surface area contributed by atoms with Crippen molar-refractivity contribution in [3.63, 3.8) is 0 Å². The van der Waals surface area contributed by atoms with Crippen LogP contribution in [0.5, 0.6) is 0 Å². The van der Waals surface area contributed by atoms with E-state index in [2.05, 4.69) is 31.3 Å². The third-order valence-corrected chi connectivity index (χ3v) is 3.47. The molecule has 0 aliphatic heterocycles. The average molecular weight is 318 g/mol. The first kappa shape index (κ1) is 12.5. The molecule has 1 unspecified atom stereocenters. The molecule has 1 N–H and O–H groups in total. The maximum absolute atomic E-state index is 10.0. The van der Waals surface area contributed by atoms with Crippen molar-refractivity contribution in [3.8, 4) is 0 Å². The molecule has 2 rings (SSSR count). The zero-order valence-corrected chi connectivity index (χ0v) is 11.4. The van der Waals surface area contributed by atoms with Crippen LogP contribution in [0, 0.1) is 0 Å². The lowest BCUT2D eigenvalue weighted by molar-refractivity contribution is 0.175. The van der Waals surface area contributed by atoms with E-state index in [1.165, 1.54) is 4.80 Å². The van der Waals surface area contributed by atoms with E-state index in [1.807, 2.05) is 0 Å². The Kier molecular flexibility index (Phi) is 3.76. The van der Waals surface area contributed by atoms with Gasteiger partial charge in [-0.25, -0.2) is 0 Å². The lowest BCUT2D eigenvalue weighted by Crippen LogP contribution is -2.04. The molecule has 0 spiro atoms. The molecular weight excluding hydrogens is 307 g/mol. The van der Waals surface area contributed by atoms with Crippen LogP contribution >= 0.6 is 27.5 Å². The number of aromatic nitrogens is 4. The molecule has 5 nitrogen and oxygen atoms in total. The summed E-state index contributed by atoms with van der Waals surface area (Å²) in [4.78, 5) is 1.36. The predicted molar refractivity (Wildman–Crippen MR) is 66.6 cm³/mol. The molecule has 1 aromatic carbocycles. The fourth-order valence-electron chi connectivity index (χ4n) is 1.42. The van der Waals surface area contributed by atoms with Crippen molar-refractivity contribution >= 4 is 27.5 Å². The largest absolute Gasteiger partial charge is 0.388 e. The summed E-state index contributed by atoms with van der Waals surface area (Å²) in [5, 5.41) is 22.2. The molecule has 0 saturated carbocycles. The molecule has 1 heterocycles. The topological polar surface area (TPSA) is 63.8 Å². The number of nitrogens with zero attached hydrogens (tertiary/aromatic N) is 4. The molecule has 7 heteroatoms. The Bertz CT molecular complexity index is 531. The SMILES string of the molecule is Cn1nnc(CC(O)c2ccc(Cl)c(Br)c2)n1. The second kappa shape index (κ2) is 5.12. The summed E-state index contributed by atoms with van der Waals surface area (Å²) < 4.78 is 0.753. The van der Waals surface area contributed by atoms with Crippen LogP contribution in [0.1, 0.15) is 17.5 Å². The molecule has 0 amide bonds. The van der Waals surface area contributed by atoms with E-state index in [1.54, 1.807) is 25.2 Å². The smallest absolute Gasteiger partial charge is 0.177 e. The molecule has 17 heavy (non-hydrogen) atoms. The van der Waals surface area contributed by atoms with E-state index in [-0.39, 0.29) is 0 Å². The Hall–Kier alpha value is -0.980. The number of aryl methyl sites for hydroxylation is 1. The van der Waals surface area contributed by atoms with E-state index in [9.17, 15) is 5.11 Å². The summed E-state index contributed by atoms with van der Waals surface area (Å²) >= 11 is 9.20. The van der Waals surface area contributed by atoms with Crippen LogP contribution in [0.15, 0.2) is 22.7 Å². The van der Waals surface area contributed by atoms with Crippen molar-refractivity contribution in [3.05, 3.63) is 39.1 Å². The van der Waals surface area contributed by atoms with Gasteiger partial charge in [-0.1, -0.05) is 17.7 Å². The second-order valence-corrected chi connectivity index (χ2v) is 4.85. The fraction of sp³-hybridized carbons (Fsp3) is 0.300. The minimum atomic E-state index is -0.673. The predicted octanol–water partition coefficient (Wildman–Crippen LogP) is 1.90. The number of aliphatic hydroxyl groups excluding tert-OH is 1. The highest BCUT2D eigenvalue weighted by atomic mass is 79.9. The van der Waals surface area contributed by atoms with Gasteiger partial charge in [-0.2, -0.15) is 4.80 Å². The maximum Gasteiger partial charge on any atom is 0.177 e. The molecule has 0 aliphatic rings. The first-order valence-corrected chi connectivity index (χ1v) is 6.09. The van der Waals surface area contributed by atoms with Gasteiger partial charge in [-0.15, -0.1) is 10.2 Å². The van der Waals surface area contributed by atoms with E-state index < -0.39 is 6.10 Å². The van der Waals surface area contributed by atoms with E-state index in [4.69, 9.17) is 11.6 Å². The van der Waals surface area contributed by atoms with Crippen molar-refractivity contribution in [1.82, 2.24) is 20.2 Å². The molecular formula is C10H10BrClN4O. The molecule has 0 aliphatic carbocycles. The van der Waals surface area contributed by atoms with Crippen molar-refractivity contribution < 1.29 is 5.11 Å². The van der Waals surface area contributed by atoms with Gasteiger partial charge in [0, 0.05) is 10.9 Å². The summed E-state index contributed by atoms with van der Waals surface area (Å²) in [5.41, 5.74) is 0.758. The average Bonchev–Trinajstić information content (AvgIpc) is 2.68. The fourth-order valence-corrected chi connectivity index (χ4v) is 1.93. The van der Waals surface area contributed by atoms with Gasteiger partial charge in [0.25, 0.3) is 0 Å². The van der Waals surface area contributed by atoms with Crippen molar-refractivity contribution in [1.29, 1.82) is 0 Å². The summed E-state index contributed by atoms with van der Waals surface area (Å²) in [6.45, 7) is 0. The van der Waals surface area contributed by atoms with Crippen LogP contribution in [0.3, 0.4) is 0 Å². The zero-order valence-electron chi connectivity index (χ0n) is 9.01. The summed E-state index contributed by atoms with van der Waals surface area (Å²) in [5.74, 6) is 0.506. The van der Waals surface area contributed by atoms with Crippen LogP contribution in [0.4, 0.5) is 0 Å². The second-order valence-electron chi connectivity index (χ2n) is 3.59. The molecule has 0 fully saturated rings. The third kappa shape index (κ3) is 3.02. The molecule has 1 aromatic heterocycles. The summed E-state index contributed by atoms with van der Waals surface area (Å²) in [7, 11) is 1.68. The first-order chi connectivity index (χ1) is 8.06. The lowest BCUT2D eigenvalue weighted by Gasteiger charge is -2.09. The summed E-state index contributed by atoms with van der Waals surface area (Å²) in [6, 6.07) is 5.28. The number of hydrogen-bond donors (Lipinski definition) is 1. The van der Waals surface area contributed by atoms with E-state index in [0.717, 1.165) is 10.0 Å². The van der Waals surface area contributed by atoms with Gasteiger partial charge in [0.05, 0.1) is 18.2 Å². The van der Waals surface area contributed by atoms with Crippen LogP contribution in [0.2, 0.25) is 5.02 Å². The van der Waals surface area contributed by atoms with Gasteiger partial charge in [-0.3, -0.25) is 0 Å². The van der Waals surface area contributed by atoms with Gasteiger partial charge in [0.15, 0.2) is 5.82 Å². The number of rotatable bonds is 3. The molecule has 0 saturated heterocycles. The van der Waals surface area contributed by atoms with Crippen LogP contribution in [-0.4, -0.2) is 25.3 Å². The lowest BCUT2D eigenvalue weighted by atomic mass is 10.1. The van der Waals surface area contributed by atoms with Crippen LogP contribution < -0.4 is 0 Å². The number of benzene rings is 1. The van der Waals surface area contributed by atoms with Gasteiger partial charge in [0.1, 0.15) is 0 Å². The minimum absolute atomic E-state index is 0.321. The Morgan fingerprint density at radius 2 is 2.29 bits per heavy atom. The zero-order chi connectivity index (χ0) is 12.4. The Morgan fingerprint density at radius 3 is 2.88 bits per heavy atom. The van der Waals surface area contributed by atoms with Crippen molar-refractivity contribution in [2.75, 3.05) is 0 Å². The minimum Gasteiger partial charge on any atom is -0.388 e. The van der Waals surface area contributed by atoms with Gasteiger partial charge in [0.2, 0.25) is 0 Å². The first-order valence-electron chi connectivity index (χ1n) is 4.92. The molecule has 2 aromatic rings. The standard InChI is InChI=1S/C10H10BrClN4O/c1-16-14-10(13-15-16)5-9(17)6-2-3-8(12)7(11)4-6/h2-4,9,17H,5H2,1H3. The number of hydrogen-bond acceptors (Lipinski definition) is 4. The van der Waals surface area contributed by atoms with E-state index >= 15 is 0 Å². The van der Waals surface area contributed by atoms with Crippen LogP contribution in [-0.2, 0) is 13.5 Å².